The molecule has 0 saturated heterocycles. The summed E-state index contributed by atoms with van der Waals surface area (Å²) in [6.45, 7) is 1.18. The Bertz CT molecular complexity index is 551. The van der Waals surface area contributed by atoms with Gasteiger partial charge in [-0.05, 0) is 24.6 Å². The quantitative estimate of drug-likeness (QED) is 0.777. The van der Waals surface area contributed by atoms with Crippen molar-refractivity contribution in [3.05, 3.63) is 64.0 Å². The van der Waals surface area contributed by atoms with E-state index in [1.54, 1.807) is 16.8 Å². The zero-order chi connectivity index (χ0) is 12.8. The highest BCUT2D eigenvalue weighted by molar-refractivity contribution is 6.30. The Kier molecular flexibility index (Phi) is 4.42. The van der Waals surface area contributed by atoms with Crippen LogP contribution in [0.4, 0.5) is 0 Å². The van der Waals surface area contributed by atoms with Crippen LogP contribution in [0.25, 0.3) is 0 Å². The number of nitrogens with zero attached hydrogens (tertiary/aromatic N) is 1. The summed E-state index contributed by atoms with van der Waals surface area (Å²) in [5.41, 5.74) is -0.0425. The van der Waals surface area contributed by atoms with Gasteiger partial charge < -0.3 is 9.30 Å². The SMILES string of the molecule is O=c1ccc(Cl)cn1CCCOc1ccccc1. The molecule has 0 fully saturated rings. The molecule has 0 N–H and O–H groups in total. The second-order valence-electron chi connectivity index (χ2n) is 3.89. The van der Waals surface area contributed by atoms with E-state index in [2.05, 4.69) is 0 Å². The molecule has 3 nitrogen and oxygen atoms in total. The first kappa shape index (κ1) is 12.7. The molecule has 1 heterocycles. The van der Waals surface area contributed by atoms with Crippen molar-refractivity contribution < 1.29 is 4.74 Å². The standard InChI is InChI=1S/C14H14ClNO2/c15-12-7-8-14(17)16(11-12)9-4-10-18-13-5-2-1-3-6-13/h1-3,5-8,11H,4,9-10H2. The second-order valence-corrected chi connectivity index (χ2v) is 4.33. The van der Waals surface area contributed by atoms with Crippen LogP contribution >= 0.6 is 11.6 Å². The first-order chi connectivity index (χ1) is 8.75. The molecule has 0 unspecified atom stereocenters. The largest absolute Gasteiger partial charge is 0.494 e. The first-order valence-corrected chi connectivity index (χ1v) is 6.17. The summed E-state index contributed by atoms with van der Waals surface area (Å²) in [4.78, 5) is 11.5. The summed E-state index contributed by atoms with van der Waals surface area (Å²) < 4.78 is 7.14. The van der Waals surface area contributed by atoms with Gasteiger partial charge in [0.25, 0.3) is 5.56 Å². The monoisotopic (exact) mass is 263 g/mol. The Morgan fingerprint density at radius 3 is 2.67 bits per heavy atom. The number of rotatable bonds is 5. The van der Waals surface area contributed by atoms with Crippen LogP contribution in [0.1, 0.15) is 6.42 Å². The Morgan fingerprint density at radius 2 is 1.89 bits per heavy atom. The maximum Gasteiger partial charge on any atom is 0.250 e. The smallest absolute Gasteiger partial charge is 0.250 e. The topological polar surface area (TPSA) is 31.2 Å². The summed E-state index contributed by atoms with van der Waals surface area (Å²) in [5.74, 6) is 0.843. The molecule has 18 heavy (non-hydrogen) atoms. The maximum absolute atomic E-state index is 11.5. The lowest BCUT2D eigenvalue weighted by Crippen LogP contribution is -2.19. The fourth-order valence-electron chi connectivity index (χ4n) is 1.62. The van der Waals surface area contributed by atoms with Gasteiger partial charge in [-0.3, -0.25) is 4.79 Å². The number of hydrogen-bond acceptors (Lipinski definition) is 2. The number of halogens is 1. The molecule has 0 bridgehead atoms. The normalized spacial score (nSPS) is 10.3. The molecule has 0 atom stereocenters. The molecule has 1 aromatic carbocycles. The summed E-state index contributed by atoms with van der Waals surface area (Å²) in [6, 6.07) is 12.7. The van der Waals surface area contributed by atoms with Gasteiger partial charge in [0.05, 0.1) is 11.6 Å². The highest BCUT2D eigenvalue weighted by Crippen LogP contribution is 2.09. The van der Waals surface area contributed by atoms with Crippen molar-refractivity contribution in [3.63, 3.8) is 0 Å². The minimum atomic E-state index is -0.0425. The van der Waals surface area contributed by atoms with Gasteiger partial charge in [0.2, 0.25) is 0 Å². The van der Waals surface area contributed by atoms with Gasteiger partial charge in [-0.2, -0.15) is 0 Å². The summed E-state index contributed by atoms with van der Waals surface area (Å²) in [7, 11) is 0. The highest BCUT2D eigenvalue weighted by Gasteiger charge is 1.97. The Balaban J connectivity index is 1.82. The molecule has 4 heteroatoms. The van der Waals surface area contributed by atoms with E-state index in [0.29, 0.717) is 18.2 Å². The molecule has 0 saturated carbocycles. The van der Waals surface area contributed by atoms with Crippen LogP contribution in [0.2, 0.25) is 5.02 Å². The van der Waals surface area contributed by atoms with Crippen molar-refractivity contribution in [2.75, 3.05) is 6.61 Å². The second kappa shape index (κ2) is 6.26. The molecule has 2 rings (SSSR count). The fourth-order valence-corrected chi connectivity index (χ4v) is 1.80. The number of ether oxygens (including phenoxy) is 1. The third-order valence-corrected chi connectivity index (χ3v) is 2.73. The average Bonchev–Trinajstić information content (AvgIpc) is 2.40. The van der Waals surface area contributed by atoms with Gasteiger partial charge in [-0.1, -0.05) is 29.8 Å². The van der Waals surface area contributed by atoms with E-state index in [9.17, 15) is 4.79 Å². The van der Waals surface area contributed by atoms with Gasteiger partial charge in [0.15, 0.2) is 0 Å². The lowest BCUT2D eigenvalue weighted by atomic mass is 10.3. The van der Waals surface area contributed by atoms with Gasteiger partial charge in [0, 0.05) is 18.8 Å². The lowest BCUT2D eigenvalue weighted by molar-refractivity contribution is 0.301. The summed E-state index contributed by atoms with van der Waals surface area (Å²) >= 11 is 5.83. The Hall–Kier alpha value is -1.74. The molecule has 0 aliphatic carbocycles. The number of para-hydroxylation sites is 1. The number of aryl methyl sites for hydroxylation is 1. The molecule has 0 spiro atoms. The summed E-state index contributed by atoms with van der Waals surface area (Å²) in [5, 5.41) is 0.568. The van der Waals surface area contributed by atoms with Crippen molar-refractivity contribution in [1.82, 2.24) is 4.57 Å². The zero-order valence-electron chi connectivity index (χ0n) is 9.88. The number of pyridine rings is 1. The lowest BCUT2D eigenvalue weighted by Gasteiger charge is -2.07. The van der Waals surface area contributed by atoms with Gasteiger partial charge >= 0.3 is 0 Å². The summed E-state index contributed by atoms with van der Waals surface area (Å²) in [6.07, 6.45) is 2.40. The molecule has 1 aromatic heterocycles. The molecule has 0 aliphatic rings. The van der Waals surface area contributed by atoms with Crippen LogP contribution < -0.4 is 10.3 Å². The van der Waals surface area contributed by atoms with Crippen molar-refractivity contribution in [3.8, 4) is 5.75 Å². The van der Waals surface area contributed by atoms with Crippen molar-refractivity contribution in [2.24, 2.45) is 0 Å². The van der Waals surface area contributed by atoms with Crippen molar-refractivity contribution in [1.29, 1.82) is 0 Å². The third-order valence-electron chi connectivity index (χ3n) is 2.50. The van der Waals surface area contributed by atoms with E-state index in [-0.39, 0.29) is 5.56 Å². The molecule has 0 amide bonds. The van der Waals surface area contributed by atoms with Crippen molar-refractivity contribution in [2.45, 2.75) is 13.0 Å². The van der Waals surface area contributed by atoms with E-state index in [1.165, 1.54) is 6.07 Å². The van der Waals surface area contributed by atoms with Crippen LogP contribution in [-0.4, -0.2) is 11.2 Å². The Labute approximate surface area is 111 Å². The molecule has 94 valence electrons. The van der Waals surface area contributed by atoms with Crippen LogP contribution in [0, 0.1) is 0 Å². The van der Waals surface area contributed by atoms with Crippen LogP contribution in [0.5, 0.6) is 5.75 Å². The number of aromatic nitrogens is 1. The highest BCUT2D eigenvalue weighted by atomic mass is 35.5. The van der Waals surface area contributed by atoms with Crippen LogP contribution in [0.3, 0.4) is 0 Å². The maximum atomic E-state index is 11.5. The molecular formula is C14H14ClNO2. The van der Waals surface area contributed by atoms with E-state index in [0.717, 1.165) is 12.2 Å². The molecule has 0 radical (unpaired) electrons. The predicted octanol–water partition coefficient (Wildman–Crippen LogP) is 2.97. The van der Waals surface area contributed by atoms with Crippen LogP contribution in [-0.2, 0) is 6.54 Å². The van der Waals surface area contributed by atoms with E-state index in [1.807, 2.05) is 30.3 Å². The van der Waals surface area contributed by atoms with Crippen LogP contribution in [0.15, 0.2) is 53.5 Å². The van der Waals surface area contributed by atoms with Crippen molar-refractivity contribution >= 4 is 11.6 Å². The number of hydrogen-bond donors (Lipinski definition) is 0. The van der Waals surface area contributed by atoms with Gasteiger partial charge in [0.1, 0.15) is 5.75 Å². The van der Waals surface area contributed by atoms with Gasteiger partial charge in [-0.25, -0.2) is 0 Å². The molecule has 0 aliphatic heterocycles. The number of benzene rings is 1. The minimum Gasteiger partial charge on any atom is -0.494 e. The average molecular weight is 264 g/mol. The first-order valence-electron chi connectivity index (χ1n) is 5.79. The molecule has 2 aromatic rings. The fraction of sp³-hybridized carbons (Fsp3) is 0.214. The third kappa shape index (κ3) is 3.64. The minimum absolute atomic E-state index is 0.0425. The van der Waals surface area contributed by atoms with E-state index >= 15 is 0 Å². The zero-order valence-corrected chi connectivity index (χ0v) is 10.6. The van der Waals surface area contributed by atoms with Gasteiger partial charge in [-0.15, -0.1) is 0 Å². The Morgan fingerprint density at radius 1 is 1.11 bits per heavy atom. The van der Waals surface area contributed by atoms with E-state index in [4.69, 9.17) is 16.3 Å². The predicted molar refractivity (Wildman–Crippen MR) is 72.3 cm³/mol. The molecular weight excluding hydrogens is 250 g/mol. The van der Waals surface area contributed by atoms with E-state index < -0.39 is 0 Å².